The first kappa shape index (κ1) is 16.7. The van der Waals surface area contributed by atoms with Gasteiger partial charge in [-0.05, 0) is 37.8 Å². The normalized spacial score (nSPS) is 27.8. The molecule has 2 amide bonds. The third kappa shape index (κ3) is 3.07. The Bertz CT molecular complexity index is 791. The van der Waals surface area contributed by atoms with E-state index in [4.69, 9.17) is 9.26 Å². The number of carbonyl (C=O) groups excluding carboxylic acids is 1. The van der Waals surface area contributed by atoms with E-state index in [0.717, 1.165) is 31.2 Å². The molecule has 0 spiro atoms. The molecule has 3 aliphatic rings. The first-order valence-electron chi connectivity index (χ1n) is 9.68. The Morgan fingerprint density at radius 2 is 1.78 bits per heavy atom. The highest BCUT2D eigenvalue weighted by Crippen LogP contribution is 2.43. The molecule has 3 aliphatic heterocycles. The summed E-state index contributed by atoms with van der Waals surface area (Å²) in [6.07, 6.45) is 7.35. The summed E-state index contributed by atoms with van der Waals surface area (Å²) in [5.41, 5.74) is 0.905. The van der Waals surface area contributed by atoms with Crippen LogP contribution in [0.25, 0.3) is 11.4 Å². The van der Waals surface area contributed by atoms with Crippen molar-refractivity contribution >= 4 is 6.03 Å². The summed E-state index contributed by atoms with van der Waals surface area (Å²) in [5.74, 6) is 1.52. The number of hydrogen-bond acceptors (Lipinski definition) is 6. The molecule has 3 saturated heterocycles. The predicted octanol–water partition coefficient (Wildman–Crippen LogP) is 2.29. The second-order valence-corrected chi connectivity index (χ2v) is 7.53. The monoisotopic (exact) mass is 369 g/mol. The summed E-state index contributed by atoms with van der Waals surface area (Å²) in [6, 6.07) is 4.46. The second kappa shape index (κ2) is 6.92. The largest absolute Gasteiger partial charge is 0.378 e. The predicted molar refractivity (Wildman–Crippen MR) is 95.9 cm³/mol. The number of morpholine rings is 1. The molecule has 5 rings (SSSR count). The van der Waals surface area contributed by atoms with E-state index in [0.29, 0.717) is 38.0 Å². The smallest absolute Gasteiger partial charge is 0.320 e. The zero-order valence-corrected chi connectivity index (χ0v) is 15.2. The number of nitrogens with zero attached hydrogens (tertiary/aromatic N) is 5. The number of urea groups is 1. The lowest BCUT2D eigenvalue weighted by Crippen LogP contribution is -2.54. The zero-order chi connectivity index (χ0) is 18.2. The molecule has 0 N–H and O–H groups in total. The molecule has 0 radical (unpaired) electrons. The van der Waals surface area contributed by atoms with Crippen molar-refractivity contribution in [1.82, 2.24) is 24.9 Å². The summed E-state index contributed by atoms with van der Waals surface area (Å²) in [7, 11) is 0. The maximum absolute atomic E-state index is 13.0. The molecule has 0 aromatic carbocycles. The fraction of sp³-hybridized carbons (Fsp3) is 0.579. The molecule has 27 heavy (non-hydrogen) atoms. The molecule has 3 atom stereocenters. The highest BCUT2D eigenvalue weighted by atomic mass is 16.5. The molecule has 2 bridgehead atoms. The van der Waals surface area contributed by atoms with Crippen LogP contribution in [0.3, 0.4) is 0 Å². The first-order valence-corrected chi connectivity index (χ1v) is 9.68. The van der Waals surface area contributed by atoms with Crippen LogP contribution < -0.4 is 0 Å². The lowest BCUT2D eigenvalue weighted by molar-refractivity contribution is 0.0323. The van der Waals surface area contributed by atoms with E-state index < -0.39 is 0 Å². The summed E-state index contributed by atoms with van der Waals surface area (Å²) >= 11 is 0. The van der Waals surface area contributed by atoms with Gasteiger partial charge in [-0.1, -0.05) is 5.16 Å². The molecular weight excluding hydrogens is 346 g/mol. The van der Waals surface area contributed by atoms with Gasteiger partial charge in [-0.15, -0.1) is 0 Å². The molecule has 8 heteroatoms. The number of piperidine rings is 1. The van der Waals surface area contributed by atoms with E-state index in [1.54, 1.807) is 12.4 Å². The topological polar surface area (TPSA) is 84.6 Å². The summed E-state index contributed by atoms with van der Waals surface area (Å²) in [5, 5.41) is 4.14. The Balaban J connectivity index is 1.30. The average molecular weight is 369 g/mol. The molecule has 1 unspecified atom stereocenters. The van der Waals surface area contributed by atoms with Crippen LogP contribution in [-0.4, -0.2) is 69.3 Å². The van der Waals surface area contributed by atoms with Gasteiger partial charge in [0.1, 0.15) is 0 Å². The SMILES string of the molecule is O=C(N1CCOCC1)N1[C@@H]2CC[C@H]1CC(c1nc(-c3ccncc3)no1)C2. The average Bonchev–Trinajstić information content (AvgIpc) is 3.32. The Hall–Kier alpha value is -2.48. The molecular formula is C19H23N5O3. The number of rotatable bonds is 2. The molecule has 142 valence electrons. The van der Waals surface area contributed by atoms with Crippen LogP contribution in [0, 0.1) is 0 Å². The van der Waals surface area contributed by atoms with Gasteiger partial charge in [-0.25, -0.2) is 4.79 Å². The lowest BCUT2D eigenvalue weighted by atomic mass is 9.90. The molecule has 3 fully saturated rings. The molecule has 2 aromatic heterocycles. The molecule has 5 heterocycles. The molecule has 0 saturated carbocycles. The van der Waals surface area contributed by atoms with Gasteiger partial charge in [-0.3, -0.25) is 4.98 Å². The van der Waals surface area contributed by atoms with E-state index in [-0.39, 0.29) is 24.0 Å². The zero-order valence-electron chi connectivity index (χ0n) is 15.2. The number of carbonyl (C=O) groups is 1. The van der Waals surface area contributed by atoms with Gasteiger partial charge in [0.05, 0.1) is 13.2 Å². The summed E-state index contributed by atoms with van der Waals surface area (Å²) < 4.78 is 11.0. The maximum Gasteiger partial charge on any atom is 0.320 e. The number of hydrogen-bond donors (Lipinski definition) is 0. The van der Waals surface area contributed by atoms with Gasteiger partial charge >= 0.3 is 6.03 Å². The van der Waals surface area contributed by atoms with Crippen molar-refractivity contribution in [2.75, 3.05) is 26.3 Å². The van der Waals surface area contributed by atoms with Crippen LogP contribution in [0.2, 0.25) is 0 Å². The number of ether oxygens (including phenoxy) is 1. The minimum atomic E-state index is 0.173. The van der Waals surface area contributed by atoms with Gasteiger partial charge < -0.3 is 19.1 Å². The molecule has 8 nitrogen and oxygen atoms in total. The van der Waals surface area contributed by atoms with Gasteiger partial charge in [0.25, 0.3) is 0 Å². The minimum absolute atomic E-state index is 0.173. The van der Waals surface area contributed by atoms with Gasteiger partial charge in [-0.2, -0.15) is 4.98 Å². The highest BCUT2D eigenvalue weighted by Gasteiger charge is 2.46. The summed E-state index contributed by atoms with van der Waals surface area (Å²) in [4.78, 5) is 25.7. The Morgan fingerprint density at radius 1 is 1.07 bits per heavy atom. The Labute approximate surface area is 157 Å². The fourth-order valence-electron chi connectivity index (χ4n) is 4.63. The standard InChI is InChI=1S/C19H23N5O3/c25-19(23-7-9-26-10-8-23)24-15-1-2-16(24)12-14(11-15)18-21-17(22-27-18)13-3-5-20-6-4-13/h3-6,14-16H,1-2,7-12H2/t14?,15-,16+. The van der Waals surface area contributed by atoms with Crippen LogP contribution in [0.5, 0.6) is 0 Å². The number of pyridine rings is 1. The maximum atomic E-state index is 13.0. The van der Waals surface area contributed by atoms with Crippen molar-refractivity contribution in [2.45, 2.75) is 43.7 Å². The second-order valence-electron chi connectivity index (χ2n) is 7.53. The third-order valence-corrected chi connectivity index (χ3v) is 5.97. The number of aromatic nitrogens is 3. The van der Waals surface area contributed by atoms with E-state index in [1.165, 1.54) is 0 Å². The van der Waals surface area contributed by atoms with Crippen molar-refractivity contribution in [1.29, 1.82) is 0 Å². The Kier molecular flexibility index (Phi) is 4.27. The quantitative estimate of drug-likeness (QED) is 0.807. The first-order chi connectivity index (χ1) is 13.3. The number of fused-ring (bicyclic) bond motifs is 2. The van der Waals surface area contributed by atoms with Crippen molar-refractivity contribution < 1.29 is 14.1 Å². The van der Waals surface area contributed by atoms with Crippen molar-refractivity contribution in [3.05, 3.63) is 30.4 Å². The van der Waals surface area contributed by atoms with Gasteiger partial charge in [0.15, 0.2) is 0 Å². The fourth-order valence-corrected chi connectivity index (χ4v) is 4.63. The van der Waals surface area contributed by atoms with Crippen molar-refractivity contribution in [3.63, 3.8) is 0 Å². The van der Waals surface area contributed by atoms with Gasteiger partial charge in [0, 0.05) is 49.0 Å². The van der Waals surface area contributed by atoms with Gasteiger partial charge in [0.2, 0.25) is 11.7 Å². The molecule has 0 aliphatic carbocycles. The summed E-state index contributed by atoms with van der Waals surface area (Å²) in [6.45, 7) is 2.66. The van der Waals surface area contributed by atoms with E-state index >= 15 is 0 Å². The molecule has 2 aromatic rings. The van der Waals surface area contributed by atoms with Crippen LogP contribution in [0.15, 0.2) is 29.0 Å². The van der Waals surface area contributed by atoms with E-state index in [1.807, 2.05) is 17.0 Å². The number of amides is 2. The minimum Gasteiger partial charge on any atom is -0.378 e. The highest BCUT2D eigenvalue weighted by molar-refractivity contribution is 5.76. The van der Waals surface area contributed by atoms with Crippen LogP contribution in [0.4, 0.5) is 4.79 Å². The van der Waals surface area contributed by atoms with E-state index in [9.17, 15) is 4.79 Å². The van der Waals surface area contributed by atoms with E-state index in [2.05, 4.69) is 20.0 Å². The van der Waals surface area contributed by atoms with Crippen LogP contribution >= 0.6 is 0 Å². The van der Waals surface area contributed by atoms with Crippen molar-refractivity contribution in [3.8, 4) is 11.4 Å². The van der Waals surface area contributed by atoms with Crippen LogP contribution in [-0.2, 0) is 4.74 Å². The lowest BCUT2D eigenvalue weighted by Gasteiger charge is -2.41. The van der Waals surface area contributed by atoms with Crippen LogP contribution in [0.1, 0.15) is 37.5 Å². The Morgan fingerprint density at radius 3 is 2.48 bits per heavy atom. The van der Waals surface area contributed by atoms with Crippen molar-refractivity contribution in [2.24, 2.45) is 0 Å². The third-order valence-electron chi connectivity index (χ3n) is 5.97.